The Morgan fingerprint density at radius 2 is 2.00 bits per heavy atom. The molecule has 5 heteroatoms. The van der Waals surface area contributed by atoms with E-state index < -0.39 is 0 Å². The average molecular weight is 289 g/mol. The van der Waals surface area contributed by atoms with Crippen molar-refractivity contribution in [1.29, 1.82) is 0 Å². The minimum Gasteiger partial charge on any atom is -0.353 e. The maximum Gasteiger partial charge on any atom is 0.151 e. The van der Waals surface area contributed by atoms with E-state index in [0.717, 1.165) is 38.0 Å². The Bertz CT molecular complexity index is 416. The molecule has 0 radical (unpaired) electrons. The number of hydrogen-bond donors (Lipinski definition) is 0. The molecule has 0 saturated carbocycles. The lowest BCUT2D eigenvalue weighted by atomic mass is 10.00. The minimum atomic E-state index is 0.803. The van der Waals surface area contributed by atoms with E-state index in [4.69, 9.17) is 0 Å². The van der Waals surface area contributed by atoms with E-state index in [0.29, 0.717) is 0 Å². The zero-order valence-corrected chi connectivity index (χ0v) is 13.1. The average Bonchev–Trinajstić information content (AvgIpc) is 2.55. The van der Waals surface area contributed by atoms with Crippen molar-refractivity contribution in [2.24, 2.45) is 0 Å². The van der Waals surface area contributed by atoms with Crippen LogP contribution in [0.15, 0.2) is 18.3 Å². The van der Waals surface area contributed by atoms with Crippen molar-refractivity contribution in [3.05, 3.63) is 18.3 Å². The summed E-state index contributed by atoms with van der Waals surface area (Å²) in [7, 11) is 2.29. The summed E-state index contributed by atoms with van der Waals surface area (Å²) >= 11 is 0. The molecule has 2 saturated heterocycles. The Morgan fingerprint density at radius 3 is 2.71 bits per heavy atom. The van der Waals surface area contributed by atoms with Crippen molar-refractivity contribution in [3.63, 3.8) is 0 Å². The molecule has 5 nitrogen and oxygen atoms in total. The normalized spacial score (nSPS) is 25.2. The molecule has 2 fully saturated rings. The van der Waals surface area contributed by atoms with E-state index in [9.17, 15) is 0 Å². The van der Waals surface area contributed by atoms with Crippen LogP contribution < -0.4 is 4.90 Å². The zero-order chi connectivity index (χ0) is 14.5. The van der Waals surface area contributed by atoms with Crippen molar-refractivity contribution in [3.8, 4) is 0 Å². The smallest absolute Gasteiger partial charge is 0.151 e. The van der Waals surface area contributed by atoms with Crippen LogP contribution in [0.2, 0.25) is 0 Å². The predicted octanol–water partition coefficient (Wildman–Crippen LogP) is 1.47. The molecule has 0 aromatic carbocycles. The van der Waals surface area contributed by atoms with Crippen LogP contribution in [-0.4, -0.2) is 72.4 Å². The van der Waals surface area contributed by atoms with Gasteiger partial charge in [0, 0.05) is 38.4 Å². The monoisotopic (exact) mass is 289 g/mol. The lowest BCUT2D eigenvalue weighted by Gasteiger charge is -2.37. The fourth-order valence-electron chi connectivity index (χ4n) is 3.50. The van der Waals surface area contributed by atoms with Gasteiger partial charge in [-0.2, -0.15) is 5.10 Å². The summed E-state index contributed by atoms with van der Waals surface area (Å²) in [5.41, 5.74) is 0. The molecule has 1 aromatic rings. The van der Waals surface area contributed by atoms with Gasteiger partial charge in [-0.05, 0) is 51.5 Å². The van der Waals surface area contributed by atoms with Crippen molar-refractivity contribution in [1.82, 2.24) is 20.0 Å². The highest BCUT2D eigenvalue weighted by Crippen LogP contribution is 2.19. The highest BCUT2D eigenvalue weighted by atomic mass is 15.3. The van der Waals surface area contributed by atoms with Gasteiger partial charge in [0.25, 0.3) is 0 Å². The second kappa shape index (κ2) is 7.18. The first kappa shape index (κ1) is 14.7. The number of likely N-dealkylation sites (tertiary alicyclic amines) is 1. The van der Waals surface area contributed by atoms with Crippen LogP contribution in [0.4, 0.5) is 5.82 Å². The van der Waals surface area contributed by atoms with Crippen LogP contribution in [0, 0.1) is 0 Å². The lowest BCUT2D eigenvalue weighted by Crippen LogP contribution is -2.48. The Balaban J connectivity index is 1.41. The van der Waals surface area contributed by atoms with Gasteiger partial charge in [-0.1, -0.05) is 6.42 Å². The fourth-order valence-corrected chi connectivity index (χ4v) is 3.50. The van der Waals surface area contributed by atoms with E-state index in [1.807, 2.05) is 6.07 Å². The minimum absolute atomic E-state index is 0.803. The summed E-state index contributed by atoms with van der Waals surface area (Å²) in [5, 5.41) is 8.18. The molecule has 0 unspecified atom stereocenters. The first-order valence-electron chi connectivity index (χ1n) is 8.28. The number of nitrogens with zero attached hydrogens (tertiary/aromatic N) is 5. The molecule has 3 rings (SSSR count). The van der Waals surface area contributed by atoms with Gasteiger partial charge >= 0.3 is 0 Å². The number of anilines is 1. The lowest BCUT2D eigenvalue weighted by molar-refractivity contribution is 0.151. The van der Waals surface area contributed by atoms with Crippen LogP contribution in [-0.2, 0) is 0 Å². The third-order valence-corrected chi connectivity index (χ3v) is 4.95. The van der Waals surface area contributed by atoms with Gasteiger partial charge < -0.3 is 9.80 Å². The van der Waals surface area contributed by atoms with Crippen LogP contribution >= 0.6 is 0 Å². The molecule has 3 heterocycles. The second-order valence-electron chi connectivity index (χ2n) is 6.33. The molecule has 0 amide bonds. The molecule has 116 valence electrons. The summed E-state index contributed by atoms with van der Waals surface area (Å²) < 4.78 is 0. The fraction of sp³-hybridized carbons (Fsp3) is 0.750. The first-order valence-corrected chi connectivity index (χ1v) is 8.28. The number of piperazine rings is 1. The molecule has 21 heavy (non-hydrogen) atoms. The van der Waals surface area contributed by atoms with Gasteiger partial charge in [0.2, 0.25) is 0 Å². The first-order chi connectivity index (χ1) is 10.3. The van der Waals surface area contributed by atoms with E-state index in [-0.39, 0.29) is 0 Å². The number of piperidine rings is 1. The van der Waals surface area contributed by atoms with Crippen LogP contribution in [0.5, 0.6) is 0 Å². The Morgan fingerprint density at radius 1 is 1.14 bits per heavy atom. The molecule has 1 atom stereocenters. The van der Waals surface area contributed by atoms with E-state index in [2.05, 4.69) is 38.0 Å². The van der Waals surface area contributed by atoms with E-state index in [1.54, 1.807) is 6.20 Å². The topological polar surface area (TPSA) is 35.5 Å². The van der Waals surface area contributed by atoms with Gasteiger partial charge in [0.05, 0.1) is 0 Å². The van der Waals surface area contributed by atoms with Gasteiger partial charge in [-0.3, -0.25) is 4.90 Å². The van der Waals surface area contributed by atoms with Crippen LogP contribution in [0.3, 0.4) is 0 Å². The molecule has 0 bridgehead atoms. The van der Waals surface area contributed by atoms with Gasteiger partial charge in [0.1, 0.15) is 0 Å². The van der Waals surface area contributed by atoms with Crippen molar-refractivity contribution < 1.29 is 0 Å². The SMILES string of the molecule is CN1CCCC[C@H]1CCN1CCN(c2cccnn2)CC1. The highest BCUT2D eigenvalue weighted by molar-refractivity contribution is 5.36. The quantitative estimate of drug-likeness (QED) is 0.839. The summed E-state index contributed by atoms with van der Waals surface area (Å²) in [5.74, 6) is 1.02. The summed E-state index contributed by atoms with van der Waals surface area (Å²) in [6.07, 6.45) is 7.23. The van der Waals surface area contributed by atoms with Crippen molar-refractivity contribution >= 4 is 5.82 Å². The molecule has 0 aliphatic carbocycles. The highest BCUT2D eigenvalue weighted by Gasteiger charge is 2.22. The molecular formula is C16H27N5. The maximum absolute atomic E-state index is 4.21. The predicted molar refractivity (Wildman–Crippen MR) is 85.6 cm³/mol. The van der Waals surface area contributed by atoms with E-state index >= 15 is 0 Å². The third-order valence-electron chi connectivity index (χ3n) is 4.95. The Kier molecular flexibility index (Phi) is 5.04. The van der Waals surface area contributed by atoms with Crippen molar-refractivity contribution in [2.75, 3.05) is 51.2 Å². The Hall–Kier alpha value is -1.20. The standard InChI is InChI=1S/C16H27N5/c1-19-9-3-2-5-15(19)7-10-20-11-13-21(14-12-20)16-6-4-8-17-18-16/h4,6,8,15H,2-3,5,7,9-14H2,1H3/t15-/m0/s1. The van der Waals surface area contributed by atoms with Crippen molar-refractivity contribution in [2.45, 2.75) is 31.7 Å². The molecule has 0 N–H and O–H groups in total. The summed E-state index contributed by atoms with van der Waals surface area (Å²) in [4.78, 5) is 7.50. The summed E-state index contributed by atoms with van der Waals surface area (Å²) in [6.45, 7) is 6.95. The second-order valence-corrected chi connectivity index (χ2v) is 6.33. The van der Waals surface area contributed by atoms with Crippen LogP contribution in [0.1, 0.15) is 25.7 Å². The van der Waals surface area contributed by atoms with Crippen LogP contribution in [0.25, 0.3) is 0 Å². The molecule has 1 aromatic heterocycles. The largest absolute Gasteiger partial charge is 0.353 e. The Labute approximate surface area is 127 Å². The summed E-state index contributed by atoms with van der Waals surface area (Å²) in [6, 6.07) is 4.82. The number of rotatable bonds is 4. The van der Waals surface area contributed by atoms with E-state index in [1.165, 1.54) is 38.8 Å². The third kappa shape index (κ3) is 3.92. The molecule has 2 aliphatic heterocycles. The zero-order valence-electron chi connectivity index (χ0n) is 13.1. The maximum atomic E-state index is 4.21. The molecule has 2 aliphatic rings. The molecule has 0 spiro atoms. The van der Waals surface area contributed by atoms with Gasteiger partial charge in [0.15, 0.2) is 5.82 Å². The van der Waals surface area contributed by atoms with Gasteiger partial charge in [-0.15, -0.1) is 5.10 Å². The number of aromatic nitrogens is 2. The van der Waals surface area contributed by atoms with Gasteiger partial charge in [-0.25, -0.2) is 0 Å². The molecular weight excluding hydrogens is 262 g/mol. The number of hydrogen-bond acceptors (Lipinski definition) is 5.